The second-order valence-corrected chi connectivity index (χ2v) is 10.9. The maximum atomic E-state index is 12.9. The predicted molar refractivity (Wildman–Crippen MR) is 135 cm³/mol. The molecule has 0 radical (unpaired) electrons. The zero-order chi connectivity index (χ0) is 24.3. The molecule has 8 heteroatoms. The van der Waals surface area contributed by atoms with Crippen LogP contribution in [0.2, 0.25) is 0 Å². The second kappa shape index (κ2) is 9.77. The number of benzene rings is 3. The van der Waals surface area contributed by atoms with Crippen molar-refractivity contribution in [2.45, 2.75) is 24.9 Å². The molecule has 0 unspecified atom stereocenters. The Morgan fingerprint density at radius 1 is 1.09 bits per heavy atom. The smallest absolute Gasteiger partial charge is 0.279 e. The van der Waals surface area contributed by atoms with Crippen LogP contribution in [0, 0.1) is 19.3 Å². The van der Waals surface area contributed by atoms with Crippen molar-refractivity contribution in [3.8, 4) is 12.3 Å². The standard InChI is InChI=1S/C26H23N3O3S2/c1-4-16-29-23-15-10-19(2)17-24(23)33-26(29)27-25(30)21-11-13-22(14-12-21)34(31,32)28(3)18-20-8-6-5-7-9-20/h1,5-15,17H,16,18H2,2-3H3. The third-order valence-electron chi connectivity index (χ3n) is 5.34. The molecule has 0 aliphatic rings. The minimum Gasteiger partial charge on any atom is -0.305 e. The zero-order valence-corrected chi connectivity index (χ0v) is 20.4. The lowest BCUT2D eigenvalue weighted by Crippen LogP contribution is -2.26. The molecule has 0 spiro atoms. The van der Waals surface area contributed by atoms with Crippen molar-refractivity contribution in [3.63, 3.8) is 0 Å². The van der Waals surface area contributed by atoms with E-state index in [1.54, 1.807) is 0 Å². The summed E-state index contributed by atoms with van der Waals surface area (Å²) >= 11 is 1.39. The summed E-state index contributed by atoms with van der Waals surface area (Å²) in [7, 11) is -2.17. The third kappa shape index (κ3) is 4.87. The number of hydrogen-bond acceptors (Lipinski definition) is 4. The number of carbonyl (C=O) groups excluding carboxylic acids is 1. The van der Waals surface area contributed by atoms with Crippen molar-refractivity contribution >= 4 is 37.5 Å². The molecule has 4 rings (SSSR count). The predicted octanol–water partition coefficient (Wildman–Crippen LogP) is 4.21. The molecule has 1 aromatic heterocycles. The quantitative estimate of drug-likeness (QED) is 0.381. The van der Waals surface area contributed by atoms with E-state index in [2.05, 4.69) is 10.9 Å². The molecule has 0 bridgehead atoms. The fourth-order valence-electron chi connectivity index (χ4n) is 3.54. The van der Waals surface area contributed by atoms with E-state index in [-0.39, 0.29) is 11.4 Å². The van der Waals surface area contributed by atoms with E-state index < -0.39 is 15.9 Å². The minimum absolute atomic E-state index is 0.113. The zero-order valence-electron chi connectivity index (χ0n) is 18.8. The van der Waals surface area contributed by atoms with E-state index in [4.69, 9.17) is 6.42 Å². The Morgan fingerprint density at radius 2 is 1.79 bits per heavy atom. The van der Waals surface area contributed by atoms with Crippen LogP contribution in [-0.4, -0.2) is 30.2 Å². The van der Waals surface area contributed by atoms with Gasteiger partial charge in [0, 0.05) is 19.2 Å². The van der Waals surface area contributed by atoms with Crippen molar-refractivity contribution in [2.24, 2.45) is 4.99 Å². The van der Waals surface area contributed by atoms with Gasteiger partial charge >= 0.3 is 0 Å². The van der Waals surface area contributed by atoms with Crippen LogP contribution in [-0.2, 0) is 23.1 Å². The Labute approximate surface area is 202 Å². The number of aromatic nitrogens is 1. The van der Waals surface area contributed by atoms with Gasteiger partial charge in [0.25, 0.3) is 5.91 Å². The van der Waals surface area contributed by atoms with E-state index in [9.17, 15) is 13.2 Å². The Balaban J connectivity index is 1.61. The minimum atomic E-state index is -3.71. The summed E-state index contributed by atoms with van der Waals surface area (Å²) in [4.78, 5) is 17.8. The first-order valence-corrected chi connectivity index (χ1v) is 12.8. The molecule has 0 aliphatic carbocycles. The Hall–Kier alpha value is -3.51. The molecule has 0 saturated heterocycles. The van der Waals surface area contributed by atoms with Gasteiger partial charge in [-0.25, -0.2) is 8.42 Å². The van der Waals surface area contributed by atoms with Gasteiger partial charge in [0.1, 0.15) is 0 Å². The van der Waals surface area contributed by atoms with Crippen LogP contribution in [0.5, 0.6) is 0 Å². The number of amides is 1. The van der Waals surface area contributed by atoms with Crippen LogP contribution in [0.3, 0.4) is 0 Å². The lowest BCUT2D eigenvalue weighted by Gasteiger charge is -2.17. The molecule has 0 atom stereocenters. The highest BCUT2D eigenvalue weighted by atomic mass is 32.2. The molecular formula is C26H23N3O3S2. The highest BCUT2D eigenvalue weighted by molar-refractivity contribution is 7.89. The Morgan fingerprint density at radius 3 is 2.47 bits per heavy atom. The number of nitrogens with zero attached hydrogens (tertiary/aromatic N) is 3. The molecule has 34 heavy (non-hydrogen) atoms. The van der Waals surface area contributed by atoms with Crippen LogP contribution in [0.1, 0.15) is 21.5 Å². The largest absolute Gasteiger partial charge is 0.305 e. The van der Waals surface area contributed by atoms with E-state index in [0.717, 1.165) is 21.3 Å². The van der Waals surface area contributed by atoms with Crippen LogP contribution in [0.25, 0.3) is 10.2 Å². The number of sulfonamides is 1. The molecule has 3 aromatic carbocycles. The maximum absolute atomic E-state index is 12.9. The van der Waals surface area contributed by atoms with Gasteiger partial charge < -0.3 is 4.57 Å². The van der Waals surface area contributed by atoms with E-state index in [1.807, 2.05) is 60.0 Å². The summed E-state index contributed by atoms with van der Waals surface area (Å²) in [6.45, 7) is 2.54. The summed E-state index contributed by atoms with van der Waals surface area (Å²) in [5, 5.41) is 0. The van der Waals surface area contributed by atoms with Crippen LogP contribution >= 0.6 is 11.3 Å². The molecular weight excluding hydrogens is 466 g/mol. The summed E-state index contributed by atoms with van der Waals surface area (Å²) in [5.41, 5.74) is 3.21. The molecule has 6 nitrogen and oxygen atoms in total. The summed E-state index contributed by atoms with van der Waals surface area (Å²) in [6, 6.07) is 21.2. The first kappa shape index (κ1) is 23.6. The van der Waals surface area contributed by atoms with E-state index in [0.29, 0.717) is 16.9 Å². The fraction of sp³-hybridized carbons (Fsp3) is 0.154. The van der Waals surface area contributed by atoms with E-state index in [1.165, 1.54) is 47.0 Å². The van der Waals surface area contributed by atoms with E-state index >= 15 is 0 Å². The van der Waals surface area contributed by atoms with Crippen molar-refractivity contribution in [2.75, 3.05) is 7.05 Å². The van der Waals surface area contributed by atoms with Gasteiger partial charge in [-0.05, 0) is 54.4 Å². The SMILES string of the molecule is C#CCn1c(=NC(=O)c2ccc(S(=O)(=O)N(C)Cc3ccccc3)cc2)sc2cc(C)ccc21. The van der Waals surface area contributed by atoms with Gasteiger partial charge in [0.05, 0.1) is 21.7 Å². The molecule has 0 fully saturated rings. The Kier molecular flexibility index (Phi) is 6.80. The van der Waals surface area contributed by atoms with Crippen molar-refractivity contribution in [3.05, 3.63) is 94.3 Å². The maximum Gasteiger partial charge on any atom is 0.279 e. The molecule has 1 heterocycles. The van der Waals surface area contributed by atoms with Gasteiger partial charge in [-0.1, -0.05) is 53.7 Å². The van der Waals surface area contributed by atoms with Crippen molar-refractivity contribution in [1.29, 1.82) is 0 Å². The topological polar surface area (TPSA) is 71.7 Å². The van der Waals surface area contributed by atoms with Gasteiger partial charge in [-0.15, -0.1) is 6.42 Å². The number of carbonyl (C=O) groups is 1. The second-order valence-electron chi connectivity index (χ2n) is 7.83. The number of fused-ring (bicyclic) bond motifs is 1. The first-order chi connectivity index (χ1) is 16.3. The molecule has 0 N–H and O–H groups in total. The highest BCUT2D eigenvalue weighted by Gasteiger charge is 2.21. The summed E-state index contributed by atoms with van der Waals surface area (Å²) in [6.07, 6.45) is 5.53. The van der Waals surface area contributed by atoms with Crippen molar-refractivity contribution < 1.29 is 13.2 Å². The fourth-order valence-corrected chi connectivity index (χ4v) is 5.82. The Bertz CT molecular complexity index is 1560. The summed E-state index contributed by atoms with van der Waals surface area (Å²) < 4.78 is 30.0. The normalized spacial score (nSPS) is 12.2. The molecule has 4 aromatic rings. The molecule has 1 amide bonds. The lowest BCUT2D eigenvalue weighted by atomic mass is 10.2. The average Bonchev–Trinajstić information content (AvgIpc) is 3.15. The monoisotopic (exact) mass is 489 g/mol. The van der Waals surface area contributed by atoms with Crippen LogP contribution in [0.15, 0.2) is 82.7 Å². The van der Waals surface area contributed by atoms with Gasteiger partial charge in [-0.3, -0.25) is 4.79 Å². The molecule has 172 valence electrons. The number of hydrogen-bond donors (Lipinski definition) is 0. The van der Waals surface area contributed by atoms with Crippen LogP contribution in [0.4, 0.5) is 0 Å². The first-order valence-electron chi connectivity index (χ1n) is 10.5. The number of thiazole rings is 1. The number of aryl methyl sites for hydroxylation is 1. The van der Waals surface area contributed by atoms with Gasteiger partial charge in [0.15, 0.2) is 4.80 Å². The molecule has 0 aliphatic heterocycles. The van der Waals surface area contributed by atoms with Gasteiger partial charge in [-0.2, -0.15) is 9.30 Å². The van der Waals surface area contributed by atoms with Crippen LogP contribution < -0.4 is 4.80 Å². The average molecular weight is 490 g/mol. The van der Waals surface area contributed by atoms with Crippen molar-refractivity contribution in [1.82, 2.24) is 8.87 Å². The highest BCUT2D eigenvalue weighted by Crippen LogP contribution is 2.20. The molecule has 0 saturated carbocycles. The number of rotatable bonds is 6. The number of terminal acetylenes is 1. The third-order valence-corrected chi connectivity index (χ3v) is 8.20. The lowest BCUT2D eigenvalue weighted by molar-refractivity contribution is 0.0998. The van der Waals surface area contributed by atoms with Gasteiger partial charge in [0.2, 0.25) is 10.0 Å². The summed E-state index contributed by atoms with van der Waals surface area (Å²) in [5.74, 6) is 2.15.